The lowest BCUT2D eigenvalue weighted by atomic mass is 9.73. The van der Waals surface area contributed by atoms with Crippen LogP contribution in [0.15, 0.2) is 66.1 Å². The van der Waals surface area contributed by atoms with Crippen LogP contribution in [0.25, 0.3) is 22.3 Å². The minimum atomic E-state index is -0.728. The molecule has 7 heterocycles. The van der Waals surface area contributed by atoms with Gasteiger partial charge in [-0.15, -0.1) is 0 Å². The molecule has 5 aromatic rings. The third kappa shape index (κ3) is 5.58. The number of carbonyl (C=O) groups is 2. The predicted molar refractivity (Wildman–Crippen MR) is 198 cm³/mol. The lowest BCUT2D eigenvalue weighted by Crippen LogP contribution is -2.57. The Kier molecular flexibility index (Phi) is 7.91. The van der Waals surface area contributed by atoms with Gasteiger partial charge >= 0.3 is 0 Å². The Balaban J connectivity index is 1.09. The molecule has 4 aromatic heterocycles. The van der Waals surface area contributed by atoms with Gasteiger partial charge in [-0.05, 0) is 81.7 Å². The third-order valence-electron chi connectivity index (χ3n) is 12.1. The van der Waals surface area contributed by atoms with Gasteiger partial charge in [-0.2, -0.15) is 0 Å². The molecule has 274 valence electrons. The number of nitrogens with one attached hydrogen (secondary N) is 1. The Morgan fingerprint density at radius 1 is 1.04 bits per heavy atom. The van der Waals surface area contributed by atoms with Crippen LogP contribution in [0, 0.1) is 11.2 Å². The zero-order chi connectivity index (χ0) is 36.6. The standard InChI is InChI=1S/C40H44FN9O3/c1-24(2)49-22-43-32-18-31(46-36(35(32)49)45-30-7-11-42-19-29(30)41)25-5-6-28-34(15-25)50(27-16-26(17-27)48-12-8-39(3,4)21-48)38(52)40(28)9-13-47(14-10-40)37(51)33-20-53-23-44-33/h5-7,11,15,18-20,22-24,26-27H,8-10,12-14,16-17,21H2,1-4H3,(H,42,45,46). The summed E-state index contributed by atoms with van der Waals surface area (Å²) in [6, 6.07) is 10.4. The van der Waals surface area contributed by atoms with Gasteiger partial charge < -0.3 is 24.1 Å². The number of pyridine rings is 2. The molecular weight excluding hydrogens is 673 g/mol. The van der Waals surface area contributed by atoms with Crippen LogP contribution in [0.3, 0.4) is 0 Å². The lowest BCUT2D eigenvalue weighted by molar-refractivity contribution is -0.125. The van der Waals surface area contributed by atoms with Gasteiger partial charge in [-0.1, -0.05) is 26.0 Å². The molecule has 1 saturated carbocycles. The number of anilines is 3. The molecule has 2 saturated heterocycles. The minimum absolute atomic E-state index is 0.0865. The average Bonchev–Trinajstić information content (AvgIpc) is 3.93. The largest absolute Gasteiger partial charge is 0.451 e. The van der Waals surface area contributed by atoms with Crippen molar-refractivity contribution >= 4 is 40.0 Å². The van der Waals surface area contributed by atoms with E-state index in [1.54, 1.807) is 23.5 Å². The van der Waals surface area contributed by atoms with E-state index in [2.05, 4.69) is 64.9 Å². The van der Waals surface area contributed by atoms with Crippen LogP contribution >= 0.6 is 0 Å². The molecule has 0 bridgehead atoms. The van der Waals surface area contributed by atoms with Gasteiger partial charge in [0.25, 0.3) is 5.91 Å². The lowest BCUT2D eigenvalue weighted by Gasteiger charge is -2.46. The van der Waals surface area contributed by atoms with Gasteiger partial charge in [-0.25, -0.2) is 19.3 Å². The summed E-state index contributed by atoms with van der Waals surface area (Å²) in [6.45, 7) is 11.9. The maximum atomic E-state index is 14.9. The average molecular weight is 718 g/mol. The minimum Gasteiger partial charge on any atom is -0.451 e. The second kappa shape index (κ2) is 12.5. The molecule has 3 fully saturated rings. The van der Waals surface area contributed by atoms with E-state index in [4.69, 9.17) is 14.4 Å². The number of piperidine rings is 1. The number of rotatable bonds is 7. The van der Waals surface area contributed by atoms with E-state index in [9.17, 15) is 14.0 Å². The fraction of sp³-hybridized carbons (Fsp3) is 0.450. The second-order valence-corrected chi connectivity index (χ2v) is 16.3. The Morgan fingerprint density at radius 2 is 1.85 bits per heavy atom. The topological polar surface area (TPSA) is 126 Å². The van der Waals surface area contributed by atoms with Gasteiger partial charge in [-0.3, -0.25) is 19.5 Å². The molecule has 13 heteroatoms. The van der Waals surface area contributed by atoms with Gasteiger partial charge in [0.15, 0.2) is 23.7 Å². The molecule has 53 heavy (non-hydrogen) atoms. The van der Waals surface area contributed by atoms with Crippen molar-refractivity contribution in [3.63, 3.8) is 0 Å². The molecule has 1 spiro atoms. The van der Waals surface area contributed by atoms with Crippen molar-refractivity contribution in [3.8, 4) is 11.3 Å². The number of benzene rings is 1. The molecule has 0 radical (unpaired) electrons. The van der Waals surface area contributed by atoms with Gasteiger partial charge in [0.1, 0.15) is 11.8 Å². The van der Waals surface area contributed by atoms with Crippen LogP contribution < -0.4 is 10.2 Å². The quantitative estimate of drug-likeness (QED) is 0.195. The van der Waals surface area contributed by atoms with Crippen LogP contribution in [0.5, 0.6) is 0 Å². The summed E-state index contributed by atoms with van der Waals surface area (Å²) in [5, 5.41) is 3.22. The van der Waals surface area contributed by atoms with Gasteiger partial charge in [0.2, 0.25) is 5.91 Å². The first-order valence-electron chi connectivity index (χ1n) is 18.7. The zero-order valence-electron chi connectivity index (χ0n) is 30.5. The van der Waals surface area contributed by atoms with E-state index < -0.39 is 11.2 Å². The smallest absolute Gasteiger partial charge is 0.275 e. The Labute approximate surface area is 307 Å². The van der Waals surface area contributed by atoms with E-state index >= 15 is 0 Å². The number of nitrogens with zero attached hydrogens (tertiary/aromatic N) is 8. The number of amides is 2. The first-order chi connectivity index (χ1) is 25.5. The zero-order valence-corrected chi connectivity index (χ0v) is 30.5. The molecule has 1 N–H and O–H groups in total. The normalized spacial score (nSPS) is 22.2. The number of carbonyl (C=O) groups excluding carboxylic acids is 2. The van der Waals surface area contributed by atoms with Gasteiger partial charge in [0, 0.05) is 55.2 Å². The molecule has 2 amide bonds. The van der Waals surface area contributed by atoms with Crippen LogP contribution in [0.2, 0.25) is 0 Å². The first-order valence-corrected chi connectivity index (χ1v) is 18.7. The number of hydrogen-bond donors (Lipinski definition) is 1. The Hall–Kier alpha value is -5.17. The van der Waals surface area contributed by atoms with E-state index in [1.807, 2.05) is 16.7 Å². The summed E-state index contributed by atoms with van der Waals surface area (Å²) < 4.78 is 22.0. The maximum absolute atomic E-state index is 14.9. The summed E-state index contributed by atoms with van der Waals surface area (Å²) in [5.41, 5.74) is 5.06. The number of halogens is 1. The second-order valence-electron chi connectivity index (χ2n) is 16.3. The number of oxazole rings is 1. The fourth-order valence-electron chi connectivity index (χ4n) is 8.99. The molecule has 12 nitrogen and oxygen atoms in total. The molecule has 9 rings (SSSR count). The van der Waals surface area contributed by atoms with Crippen molar-refractivity contribution in [2.24, 2.45) is 5.41 Å². The molecule has 0 unspecified atom stereocenters. The predicted octanol–water partition coefficient (Wildman–Crippen LogP) is 6.73. The molecule has 3 aliphatic heterocycles. The number of hydrogen-bond acceptors (Lipinski definition) is 9. The van der Waals surface area contributed by atoms with E-state index in [1.165, 1.54) is 25.3 Å². The van der Waals surface area contributed by atoms with E-state index in [0.717, 1.165) is 53.8 Å². The summed E-state index contributed by atoms with van der Waals surface area (Å²) in [5.74, 6) is -0.0546. The first kappa shape index (κ1) is 33.7. The van der Waals surface area contributed by atoms with Crippen LogP contribution in [0.4, 0.5) is 21.6 Å². The number of fused-ring (bicyclic) bond motifs is 3. The molecule has 1 aromatic carbocycles. The van der Waals surface area contributed by atoms with Crippen LogP contribution in [0.1, 0.15) is 81.9 Å². The van der Waals surface area contributed by atoms with Crippen molar-refractivity contribution in [1.29, 1.82) is 0 Å². The summed E-state index contributed by atoms with van der Waals surface area (Å²) >= 11 is 0. The van der Waals surface area contributed by atoms with Crippen LogP contribution in [-0.2, 0) is 10.2 Å². The molecule has 1 aliphatic carbocycles. The molecule has 4 aliphatic rings. The third-order valence-corrected chi connectivity index (χ3v) is 12.1. The highest BCUT2D eigenvalue weighted by atomic mass is 19.1. The Bertz CT molecular complexity index is 2220. The van der Waals surface area contributed by atoms with E-state index in [0.29, 0.717) is 48.9 Å². The van der Waals surface area contributed by atoms with Gasteiger partial charge in [0.05, 0.1) is 34.8 Å². The van der Waals surface area contributed by atoms with Crippen molar-refractivity contribution in [3.05, 3.63) is 78.8 Å². The summed E-state index contributed by atoms with van der Waals surface area (Å²) in [4.78, 5) is 52.3. The fourth-order valence-corrected chi connectivity index (χ4v) is 8.99. The SMILES string of the molecule is CC(C)n1cnc2cc(-c3ccc4c(c3)N(C3CC(N5CCC(C)(C)C5)C3)C(=O)C43CCN(C(=O)c4cocn4)CC3)nc(Nc3ccncc3F)c21. The van der Waals surface area contributed by atoms with Crippen molar-refractivity contribution < 1.29 is 18.4 Å². The summed E-state index contributed by atoms with van der Waals surface area (Å²) in [6.07, 6.45) is 11.2. The van der Waals surface area contributed by atoms with E-state index in [-0.39, 0.29) is 35.3 Å². The summed E-state index contributed by atoms with van der Waals surface area (Å²) in [7, 11) is 0. The Morgan fingerprint density at radius 3 is 2.55 bits per heavy atom. The maximum Gasteiger partial charge on any atom is 0.275 e. The van der Waals surface area contributed by atoms with Crippen molar-refractivity contribution in [1.82, 2.24) is 34.3 Å². The highest BCUT2D eigenvalue weighted by Gasteiger charge is 2.56. The molecular formula is C40H44FN9O3. The highest BCUT2D eigenvalue weighted by molar-refractivity contribution is 6.09. The van der Waals surface area contributed by atoms with Crippen molar-refractivity contribution in [2.75, 3.05) is 36.4 Å². The number of aromatic nitrogens is 5. The van der Waals surface area contributed by atoms with Crippen LogP contribution in [-0.4, -0.2) is 84.4 Å². The molecule has 0 atom stereocenters. The monoisotopic (exact) mass is 717 g/mol. The number of imidazole rings is 1. The highest BCUT2D eigenvalue weighted by Crippen LogP contribution is 2.52. The van der Waals surface area contributed by atoms with Crippen molar-refractivity contribution in [2.45, 2.75) is 83.3 Å². The number of likely N-dealkylation sites (tertiary alicyclic amines) is 2.